The molecule has 2 rings (SSSR count). The minimum absolute atomic E-state index is 0.0659. The number of benzene rings is 1. The molecule has 1 aromatic rings. The third-order valence-corrected chi connectivity index (χ3v) is 2.66. The van der Waals surface area contributed by atoms with E-state index in [2.05, 4.69) is 18.3 Å². The second-order valence-corrected chi connectivity index (χ2v) is 3.58. The lowest BCUT2D eigenvalue weighted by molar-refractivity contribution is -0.118. The molecule has 0 amide bonds. The van der Waals surface area contributed by atoms with Crippen molar-refractivity contribution in [2.24, 2.45) is 0 Å². The molecule has 1 aromatic carbocycles. The average molecular weight is 175 g/mol. The Labute approximate surface area is 78.0 Å². The molecule has 1 N–H and O–H groups in total. The van der Waals surface area contributed by atoms with Gasteiger partial charge in [0.15, 0.2) is 0 Å². The van der Waals surface area contributed by atoms with Crippen molar-refractivity contribution in [3.63, 3.8) is 0 Å². The largest absolute Gasteiger partial charge is 0.384 e. The van der Waals surface area contributed by atoms with Crippen LogP contribution in [0.1, 0.15) is 24.0 Å². The number of hydrogen-bond donors (Lipinski definition) is 1. The lowest BCUT2D eigenvalue weighted by Gasteiger charge is -2.08. The van der Waals surface area contributed by atoms with Gasteiger partial charge in [-0.15, -0.1) is 0 Å². The van der Waals surface area contributed by atoms with Crippen LogP contribution >= 0.6 is 0 Å². The molecule has 0 saturated heterocycles. The number of rotatable bonds is 1. The van der Waals surface area contributed by atoms with Gasteiger partial charge in [-0.1, -0.05) is 12.1 Å². The van der Waals surface area contributed by atoms with Crippen LogP contribution in [0.4, 0.5) is 5.69 Å². The van der Waals surface area contributed by atoms with E-state index >= 15 is 0 Å². The number of anilines is 1. The van der Waals surface area contributed by atoms with Crippen molar-refractivity contribution in [2.75, 3.05) is 11.9 Å². The fraction of sp³-hybridized carbons (Fsp3) is 0.364. The summed E-state index contributed by atoms with van der Waals surface area (Å²) in [5.74, 6) is 0.316. The summed E-state index contributed by atoms with van der Waals surface area (Å²) in [6, 6.07) is 6.11. The Morgan fingerprint density at radius 2 is 2.31 bits per heavy atom. The average Bonchev–Trinajstić information content (AvgIpc) is 2.49. The molecule has 13 heavy (non-hydrogen) atoms. The summed E-state index contributed by atoms with van der Waals surface area (Å²) < 4.78 is 0. The number of nitrogens with one attached hydrogen (secondary N) is 1. The zero-order valence-electron chi connectivity index (χ0n) is 7.92. The van der Waals surface area contributed by atoms with Gasteiger partial charge in [-0.25, -0.2) is 0 Å². The zero-order valence-corrected chi connectivity index (χ0v) is 7.92. The fourth-order valence-corrected chi connectivity index (χ4v) is 1.96. The highest BCUT2D eigenvalue weighted by Gasteiger charge is 2.26. The Hall–Kier alpha value is -1.31. The maximum absolute atomic E-state index is 11.3. The minimum Gasteiger partial charge on any atom is -0.384 e. The summed E-state index contributed by atoms with van der Waals surface area (Å²) in [5.41, 5.74) is 3.53. The fourth-order valence-electron chi connectivity index (χ4n) is 1.96. The molecule has 0 saturated carbocycles. The lowest BCUT2D eigenvalue weighted by Crippen LogP contribution is -2.11. The summed E-state index contributed by atoms with van der Waals surface area (Å²) in [7, 11) is 0. The molecule has 1 heterocycles. The van der Waals surface area contributed by atoms with Gasteiger partial charge < -0.3 is 5.32 Å². The molecular formula is C11H13NO. The van der Waals surface area contributed by atoms with E-state index in [9.17, 15) is 4.79 Å². The van der Waals surface area contributed by atoms with Crippen LogP contribution in [0.5, 0.6) is 0 Å². The van der Waals surface area contributed by atoms with Crippen molar-refractivity contribution in [2.45, 2.75) is 19.8 Å². The molecule has 0 aliphatic carbocycles. The number of carbonyl (C=O) groups is 1. The van der Waals surface area contributed by atoms with Crippen molar-refractivity contribution < 1.29 is 4.79 Å². The molecule has 1 unspecified atom stereocenters. The van der Waals surface area contributed by atoms with Crippen LogP contribution in [0.15, 0.2) is 18.2 Å². The number of fused-ring (bicyclic) bond motifs is 1. The van der Waals surface area contributed by atoms with Gasteiger partial charge in [-0.05, 0) is 31.0 Å². The first-order valence-electron chi connectivity index (χ1n) is 4.54. The van der Waals surface area contributed by atoms with Crippen LogP contribution in [-0.2, 0) is 4.79 Å². The number of hydrogen-bond acceptors (Lipinski definition) is 2. The highest BCUT2D eigenvalue weighted by molar-refractivity contribution is 5.88. The van der Waals surface area contributed by atoms with Crippen LogP contribution in [0.2, 0.25) is 0 Å². The van der Waals surface area contributed by atoms with Crippen molar-refractivity contribution in [1.82, 2.24) is 0 Å². The monoisotopic (exact) mass is 175 g/mol. The van der Waals surface area contributed by atoms with E-state index in [0.29, 0.717) is 0 Å². The summed E-state index contributed by atoms with van der Waals surface area (Å²) in [6.45, 7) is 4.48. The standard InChI is InChI=1S/C11H13NO/c1-7-4-3-5-10-11(7)9(6-12-10)8(2)13/h3-5,9,12H,6H2,1-2H3. The highest BCUT2D eigenvalue weighted by atomic mass is 16.1. The van der Waals surface area contributed by atoms with Crippen LogP contribution in [0.3, 0.4) is 0 Å². The van der Waals surface area contributed by atoms with Gasteiger partial charge in [-0.2, -0.15) is 0 Å². The van der Waals surface area contributed by atoms with Crippen molar-refractivity contribution in [3.8, 4) is 0 Å². The first-order valence-corrected chi connectivity index (χ1v) is 4.54. The number of ketones is 1. The molecule has 0 spiro atoms. The van der Waals surface area contributed by atoms with Crippen LogP contribution in [0, 0.1) is 6.92 Å². The van der Waals surface area contributed by atoms with E-state index in [0.717, 1.165) is 12.2 Å². The quantitative estimate of drug-likeness (QED) is 0.708. The first kappa shape index (κ1) is 8.30. The van der Waals surface area contributed by atoms with Gasteiger partial charge in [0.1, 0.15) is 5.78 Å². The second-order valence-electron chi connectivity index (χ2n) is 3.58. The Morgan fingerprint density at radius 3 is 3.00 bits per heavy atom. The maximum Gasteiger partial charge on any atom is 0.139 e. The minimum atomic E-state index is 0.0659. The van der Waals surface area contributed by atoms with E-state index in [-0.39, 0.29) is 11.7 Å². The van der Waals surface area contributed by atoms with Gasteiger partial charge in [0.2, 0.25) is 0 Å². The van der Waals surface area contributed by atoms with E-state index < -0.39 is 0 Å². The Bertz CT molecular complexity index is 357. The molecule has 1 aliphatic heterocycles. The van der Waals surface area contributed by atoms with Crippen molar-refractivity contribution in [3.05, 3.63) is 29.3 Å². The second kappa shape index (κ2) is 2.87. The van der Waals surface area contributed by atoms with Crippen LogP contribution in [0.25, 0.3) is 0 Å². The Balaban J connectivity index is 2.52. The molecule has 2 nitrogen and oxygen atoms in total. The summed E-state index contributed by atoms with van der Waals surface area (Å²) in [5, 5.41) is 3.25. The molecule has 0 radical (unpaired) electrons. The third kappa shape index (κ3) is 1.22. The van der Waals surface area contributed by atoms with E-state index in [1.807, 2.05) is 12.1 Å². The normalized spacial score (nSPS) is 19.4. The summed E-state index contributed by atoms with van der Waals surface area (Å²) in [4.78, 5) is 11.3. The summed E-state index contributed by atoms with van der Waals surface area (Å²) in [6.07, 6.45) is 0. The van der Waals surface area contributed by atoms with E-state index in [4.69, 9.17) is 0 Å². The smallest absolute Gasteiger partial charge is 0.139 e. The molecule has 1 aliphatic rings. The predicted octanol–water partition coefficient (Wildman–Crippen LogP) is 2.09. The maximum atomic E-state index is 11.3. The third-order valence-electron chi connectivity index (χ3n) is 2.66. The number of aryl methyl sites for hydroxylation is 1. The summed E-state index contributed by atoms with van der Waals surface area (Å²) >= 11 is 0. The SMILES string of the molecule is CC(=O)C1CNc2cccc(C)c21. The Morgan fingerprint density at radius 1 is 1.54 bits per heavy atom. The highest BCUT2D eigenvalue weighted by Crippen LogP contribution is 2.34. The van der Waals surface area contributed by atoms with E-state index in [1.54, 1.807) is 6.92 Å². The molecule has 68 valence electrons. The molecule has 0 bridgehead atoms. The van der Waals surface area contributed by atoms with Crippen molar-refractivity contribution >= 4 is 11.5 Å². The molecule has 1 atom stereocenters. The van der Waals surface area contributed by atoms with Crippen LogP contribution < -0.4 is 5.32 Å². The lowest BCUT2D eigenvalue weighted by atomic mass is 9.94. The van der Waals surface area contributed by atoms with Crippen molar-refractivity contribution in [1.29, 1.82) is 0 Å². The predicted molar refractivity (Wildman–Crippen MR) is 53.1 cm³/mol. The van der Waals surface area contributed by atoms with Gasteiger partial charge in [0.25, 0.3) is 0 Å². The molecule has 0 aromatic heterocycles. The van der Waals surface area contributed by atoms with E-state index in [1.165, 1.54) is 11.1 Å². The molecule has 0 fully saturated rings. The first-order chi connectivity index (χ1) is 6.20. The van der Waals surface area contributed by atoms with Crippen LogP contribution in [-0.4, -0.2) is 12.3 Å². The van der Waals surface area contributed by atoms with Gasteiger partial charge in [-0.3, -0.25) is 4.79 Å². The molecular weight excluding hydrogens is 162 g/mol. The molecule has 2 heteroatoms. The van der Waals surface area contributed by atoms with Gasteiger partial charge >= 0.3 is 0 Å². The number of carbonyl (C=O) groups excluding carboxylic acids is 1. The topological polar surface area (TPSA) is 29.1 Å². The van der Waals surface area contributed by atoms with Gasteiger partial charge in [0, 0.05) is 12.2 Å². The van der Waals surface area contributed by atoms with Gasteiger partial charge in [0.05, 0.1) is 5.92 Å². The number of Topliss-reactive ketones (excluding diaryl/α,β-unsaturated/α-hetero) is 1. The Kier molecular flexibility index (Phi) is 1.83. The zero-order chi connectivity index (χ0) is 9.42.